The van der Waals surface area contributed by atoms with Crippen molar-refractivity contribution in [2.75, 3.05) is 12.0 Å². The average Bonchev–Trinajstić information content (AvgIpc) is 3.14. The highest BCUT2D eigenvalue weighted by molar-refractivity contribution is 9.10. The van der Waals surface area contributed by atoms with Gasteiger partial charge in [0.25, 0.3) is 5.56 Å². The van der Waals surface area contributed by atoms with Crippen molar-refractivity contribution in [2.24, 2.45) is 12.1 Å². The zero-order chi connectivity index (χ0) is 22.7. The number of hydrogen-bond acceptors (Lipinski definition) is 6. The standard InChI is InChI=1S/C22H21BrN6O3/c1-3-32-17-10-6-14(7-11-17)12-24-27-21-25-19-18(20(30)26-22(31)28(19)2)29(21)13-15-4-8-16(23)9-5-15/h4-12H,3,13H2,1-2H3,(H,25,27)(H,26,30,31). The molecule has 4 aromatic rings. The number of benzene rings is 2. The Labute approximate surface area is 191 Å². The van der Waals surface area contributed by atoms with Crippen LogP contribution in [-0.4, -0.2) is 31.9 Å². The summed E-state index contributed by atoms with van der Waals surface area (Å²) in [6.07, 6.45) is 1.64. The first kappa shape index (κ1) is 21.6. The van der Waals surface area contributed by atoms with Gasteiger partial charge in [-0.3, -0.25) is 18.9 Å². The van der Waals surface area contributed by atoms with Crippen molar-refractivity contribution in [1.82, 2.24) is 19.1 Å². The molecular formula is C22H21BrN6O3. The fraction of sp³-hybridized carbons (Fsp3) is 0.182. The minimum absolute atomic E-state index is 0.273. The molecule has 0 aliphatic rings. The van der Waals surface area contributed by atoms with Crippen LogP contribution < -0.4 is 21.4 Å². The van der Waals surface area contributed by atoms with E-state index in [1.165, 1.54) is 4.57 Å². The van der Waals surface area contributed by atoms with E-state index in [0.717, 1.165) is 21.3 Å². The van der Waals surface area contributed by atoms with Crippen molar-refractivity contribution < 1.29 is 4.74 Å². The van der Waals surface area contributed by atoms with Gasteiger partial charge in [-0.15, -0.1) is 0 Å². The molecule has 0 fully saturated rings. The molecule has 0 aliphatic carbocycles. The van der Waals surface area contributed by atoms with Gasteiger partial charge in [0.05, 0.1) is 19.4 Å². The third-order valence-corrected chi connectivity index (χ3v) is 5.36. The second kappa shape index (κ2) is 9.23. The molecule has 2 aromatic heterocycles. The molecule has 2 aromatic carbocycles. The highest BCUT2D eigenvalue weighted by atomic mass is 79.9. The van der Waals surface area contributed by atoms with Gasteiger partial charge in [-0.1, -0.05) is 28.1 Å². The van der Waals surface area contributed by atoms with E-state index in [0.29, 0.717) is 19.1 Å². The number of rotatable bonds is 7. The summed E-state index contributed by atoms with van der Waals surface area (Å²) >= 11 is 3.42. The average molecular weight is 497 g/mol. The molecule has 4 rings (SSSR count). The molecule has 0 radical (unpaired) electrons. The Morgan fingerprint density at radius 1 is 1.16 bits per heavy atom. The number of anilines is 1. The normalized spacial score (nSPS) is 11.3. The van der Waals surface area contributed by atoms with E-state index < -0.39 is 11.2 Å². The molecular weight excluding hydrogens is 476 g/mol. The molecule has 0 saturated carbocycles. The lowest BCUT2D eigenvalue weighted by molar-refractivity contribution is 0.340. The van der Waals surface area contributed by atoms with Crippen LogP contribution in [0.2, 0.25) is 0 Å². The minimum Gasteiger partial charge on any atom is -0.494 e. The fourth-order valence-electron chi connectivity index (χ4n) is 3.23. The predicted molar refractivity (Wildman–Crippen MR) is 128 cm³/mol. The first-order chi connectivity index (χ1) is 15.5. The number of hydrogen-bond donors (Lipinski definition) is 2. The van der Waals surface area contributed by atoms with Gasteiger partial charge >= 0.3 is 5.69 Å². The van der Waals surface area contributed by atoms with Crippen LogP contribution in [0.4, 0.5) is 5.95 Å². The summed E-state index contributed by atoms with van der Waals surface area (Å²) in [4.78, 5) is 31.4. The molecule has 0 atom stereocenters. The highest BCUT2D eigenvalue weighted by Gasteiger charge is 2.17. The quantitative estimate of drug-likeness (QED) is 0.302. The molecule has 2 heterocycles. The molecule has 0 bridgehead atoms. The van der Waals surface area contributed by atoms with Gasteiger partial charge in [-0.25, -0.2) is 10.2 Å². The van der Waals surface area contributed by atoms with Gasteiger partial charge < -0.3 is 4.74 Å². The number of halogens is 1. The van der Waals surface area contributed by atoms with E-state index in [9.17, 15) is 9.59 Å². The van der Waals surface area contributed by atoms with Crippen molar-refractivity contribution in [3.05, 3.63) is 85.0 Å². The molecule has 2 N–H and O–H groups in total. The number of aromatic nitrogens is 4. The number of nitrogens with zero attached hydrogens (tertiary/aromatic N) is 4. The van der Waals surface area contributed by atoms with E-state index in [4.69, 9.17) is 4.74 Å². The summed E-state index contributed by atoms with van der Waals surface area (Å²) in [5.74, 6) is 1.13. The first-order valence-electron chi connectivity index (χ1n) is 9.92. The number of H-pyrrole nitrogens is 1. The maximum absolute atomic E-state index is 12.6. The molecule has 0 unspecified atom stereocenters. The van der Waals surface area contributed by atoms with Gasteiger partial charge in [0, 0.05) is 11.5 Å². The van der Waals surface area contributed by atoms with E-state index >= 15 is 0 Å². The monoisotopic (exact) mass is 496 g/mol. The van der Waals surface area contributed by atoms with Gasteiger partial charge in [-0.2, -0.15) is 10.1 Å². The van der Waals surface area contributed by atoms with Crippen LogP contribution in [0, 0.1) is 0 Å². The lowest BCUT2D eigenvalue weighted by Gasteiger charge is -2.08. The summed E-state index contributed by atoms with van der Waals surface area (Å²) in [6.45, 7) is 2.90. The Bertz CT molecular complexity index is 1380. The number of nitrogens with one attached hydrogen (secondary N) is 2. The number of aryl methyl sites for hydroxylation is 1. The molecule has 164 valence electrons. The number of ether oxygens (including phenoxy) is 1. The lowest BCUT2D eigenvalue weighted by atomic mass is 10.2. The number of imidazole rings is 1. The van der Waals surface area contributed by atoms with Gasteiger partial charge in [0.15, 0.2) is 11.2 Å². The maximum atomic E-state index is 12.6. The third-order valence-electron chi connectivity index (χ3n) is 4.83. The summed E-state index contributed by atoms with van der Waals surface area (Å²) in [6, 6.07) is 15.2. The molecule has 9 nitrogen and oxygen atoms in total. The minimum atomic E-state index is -0.528. The van der Waals surface area contributed by atoms with Gasteiger partial charge in [0.1, 0.15) is 5.75 Å². The number of hydrazone groups is 1. The zero-order valence-electron chi connectivity index (χ0n) is 17.5. The SMILES string of the molecule is CCOc1ccc(C=NNc2nc3c(c(=O)[nH]c(=O)n3C)n2Cc2ccc(Br)cc2)cc1. The van der Waals surface area contributed by atoms with E-state index in [1.807, 2.05) is 55.5 Å². The number of aromatic amines is 1. The maximum Gasteiger partial charge on any atom is 0.329 e. The molecule has 0 amide bonds. The van der Waals surface area contributed by atoms with Crippen LogP contribution in [0.1, 0.15) is 18.1 Å². The van der Waals surface area contributed by atoms with E-state index in [-0.39, 0.29) is 11.2 Å². The van der Waals surface area contributed by atoms with Crippen LogP contribution >= 0.6 is 15.9 Å². The van der Waals surface area contributed by atoms with Gasteiger partial charge in [0.2, 0.25) is 5.95 Å². The summed E-state index contributed by atoms with van der Waals surface area (Å²) < 4.78 is 9.40. The Kier molecular flexibility index (Phi) is 6.22. The Morgan fingerprint density at radius 3 is 2.56 bits per heavy atom. The van der Waals surface area contributed by atoms with Crippen molar-refractivity contribution in [1.29, 1.82) is 0 Å². The van der Waals surface area contributed by atoms with Crippen molar-refractivity contribution in [3.8, 4) is 5.75 Å². The first-order valence-corrected chi connectivity index (χ1v) is 10.7. The van der Waals surface area contributed by atoms with Crippen LogP contribution in [0.15, 0.2) is 67.7 Å². The van der Waals surface area contributed by atoms with E-state index in [2.05, 4.69) is 36.4 Å². The molecule has 0 saturated heterocycles. The smallest absolute Gasteiger partial charge is 0.329 e. The Balaban J connectivity index is 1.70. The van der Waals surface area contributed by atoms with Crippen molar-refractivity contribution >= 4 is 39.3 Å². The van der Waals surface area contributed by atoms with Crippen LogP contribution in [-0.2, 0) is 13.6 Å². The predicted octanol–water partition coefficient (Wildman–Crippen LogP) is 3.08. The number of fused-ring (bicyclic) bond motifs is 1. The fourth-order valence-corrected chi connectivity index (χ4v) is 3.49. The zero-order valence-corrected chi connectivity index (χ0v) is 19.1. The Morgan fingerprint density at radius 2 is 1.88 bits per heavy atom. The molecule has 32 heavy (non-hydrogen) atoms. The van der Waals surface area contributed by atoms with Crippen molar-refractivity contribution in [2.45, 2.75) is 13.5 Å². The molecule has 10 heteroatoms. The van der Waals surface area contributed by atoms with Crippen LogP contribution in [0.25, 0.3) is 11.2 Å². The molecule has 0 aliphatic heterocycles. The summed E-state index contributed by atoms with van der Waals surface area (Å²) in [5, 5.41) is 4.27. The molecule has 0 spiro atoms. The van der Waals surface area contributed by atoms with Crippen LogP contribution in [0.3, 0.4) is 0 Å². The van der Waals surface area contributed by atoms with E-state index in [1.54, 1.807) is 17.8 Å². The summed E-state index contributed by atoms with van der Waals surface area (Å²) in [5.41, 5.74) is 4.26. The second-order valence-corrected chi connectivity index (χ2v) is 7.93. The topological polar surface area (TPSA) is 106 Å². The highest BCUT2D eigenvalue weighted by Crippen LogP contribution is 2.19. The van der Waals surface area contributed by atoms with Crippen molar-refractivity contribution in [3.63, 3.8) is 0 Å². The lowest BCUT2D eigenvalue weighted by Crippen LogP contribution is -2.29. The van der Waals surface area contributed by atoms with Crippen LogP contribution in [0.5, 0.6) is 5.75 Å². The summed E-state index contributed by atoms with van der Waals surface area (Å²) in [7, 11) is 1.56. The van der Waals surface area contributed by atoms with Gasteiger partial charge in [-0.05, 0) is 54.4 Å². The largest absolute Gasteiger partial charge is 0.494 e. The third kappa shape index (κ3) is 4.50. The second-order valence-electron chi connectivity index (χ2n) is 7.01. The Hall–Kier alpha value is -3.66.